The lowest BCUT2D eigenvalue weighted by Gasteiger charge is -2.06. The Balaban J connectivity index is 1.91. The maximum atomic E-state index is 11.8. The van der Waals surface area contributed by atoms with E-state index in [-0.39, 0.29) is 5.56 Å². The number of esters is 1. The Morgan fingerprint density at radius 2 is 2.05 bits per heavy atom. The second kappa shape index (κ2) is 6.86. The maximum absolute atomic E-state index is 11.8. The second-order valence-electron chi connectivity index (χ2n) is 4.52. The van der Waals surface area contributed by atoms with Crippen molar-refractivity contribution >= 4 is 34.1 Å². The maximum Gasteiger partial charge on any atom is 0.338 e. The van der Waals surface area contributed by atoms with Crippen molar-refractivity contribution in [1.82, 2.24) is 0 Å². The molecule has 0 aliphatic carbocycles. The summed E-state index contributed by atoms with van der Waals surface area (Å²) in [4.78, 5) is 34.7. The summed E-state index contributed by atoms with van der Waals surface area (Å²) in [6, 6.07) is 8.38. The number of nitrogens with one attached hydrogen (secondary N) is 1. The molecule has 0 aliphatic heterocycles. The van der Waals surface area contributed by atoms with Crippen LogP contribution in [0.3, 0.4) is 0 Å². The Labute approximate surface area is 130 Å². The third-order valence-electron chi connectivity index (χ3n) is 2.77. The highest BCUT2D eigenvalue weighted by Crippen LogP contribution is 2.22. The van der Waals surface area contributed by atoms with E-state index in [1.807, 2.05) is 13.0 Å². The molecule has 0 saturated carbocycles. The number of carbonyl (C=O) groups is 3. The molecule has 0 radical (unpaired) electrons. The number of primary amides is 1. The van der Waals surface area contributed by atoms with Gasteiger partial charge in [0.2, 0.25) is 0 Å². The summed E-state index contributed by atoms with van der Waals surface area (Å²) in [5.74, 6) is -1.75. The first-order chi connectivity index (χ1) is 10.5. The Bertz CT molecular complexity index is 724. The molecule has 0 fully saturated rings. The molecule has 0 unspecified atom stereocenters. The summed E-state index contributed by atoms with van der Waals surface area (Å²) in [6.07, 6.45) is 0. The van der Waals surface area contributed by atoms with Gasteiger partial charge in [-0.15, -0.1) is 11.3 Å². The van der Waals surface area contributed by atoms with Gasteiger partial charge < -0.3 is 15.8 Å². The zero-order chi connectivity index (χ0) is 16.1. The SMILES string of the molecule is Cc1cccc(C(=O)OCC(=O)Nc2sccc2C(N)=O)c1. The molecule has 3 N–H and O–H groups in total. The molecule has 7 heteroatoms. The van der Waals surface area contributed by atoms with E-state index < -0.39 is 24.4 Å². The summed E-state index contributed by atoms with van der Waals surface area (Å²) >= 11 is 1.17. The number of anilines is 1. The van der Waals surface area contributed by atoms with Gasteiger partial charge in [0.25, 0.3) is 11.8 Å². The van der Waals surface area contributed by atoms with Crippen LogP contribution in [0.25, 0.3) is 0 Å². The van der Waals surface area contributed by atoms with E-state index in [1.54, 1.807) is 23.6 Å². The summed E-state index contributed by atoms with van der Waals surface area (Å²) in [5, 5.41) is 4.46. The molecule has 22 heavy (non-hydrogen) atoms. The van der Waals surface area contributed by atoms with Crippen LogP contribution in [-0.2, 0) is 9.53 Å². The molecule has 0 saturated heterocycles. The monoisotopic (exact) mass is 318 g/mol. The third kappa shape index (κ3) is 3.92. The van der Waals surface area contributed by atoms with Crippen LogP contribution in [0.5, 0.6) is 0 Å². The van der Waals surface area contributed by atoms with Gasteiger partial charge in [0, 0.05) is 0 Å². The molecular weight excluding hydrogens is 304 g/mol. The van der Waals surface area contributed by atoms with Crippen LogP contribution < -0.4 is 11.1 Å². The summed E-state index contributed by atoms with van der Waals surface area (Å²) in [6.45, 7) is 1.41. The van der Waals surface area contributed by atoms with Crippen molar-refractivity contribution in [2.45, 2.75) is 6.92 Å². The van der Waals surface area contributed by atoms with Gasteiger partial charge in [0.05, 0.1) is 11.1 Å². The molecule has 1 heterocycles. The van der Waals surface area contributed by atoms with Crippen LogP contribution in [0.15, 0.2) is 35.7 Å². The first-order valence-electron chi connectivity index (χ1n) is 6.38. The van der Waals surface area contributed by atoms with Gasteiger partial charge in [-0.05, 0) is 30.5 Å². The molecule has 114 valence electrons. The van der Waals surface area contributed by atoms with Crippen molar-refractivity contribution in [3.63, 3.8) is 0 Å². The Morgan fingerprint density at radius 3 is 2.73 bits per heavy atom. The van der Waals surface area contributed by atoms with Gasteiger partial charge in [0.15, 0.2) is 6.61 Å². The number of rotatable bonds is 5. The predicted molar refractivity (Wildman–Crippen MR) is 82.9 cm³/mol. The lowest BCUT2D eigenvalue weighted by Crippen LogP contribution is -2.22. The number of benzene rings is 1. The first kappa shape index (κ1) is 15.7. The van der Waals surface area contributed by atoms with Crippen LogP contribution >= 0.6 is 11.3 Å². The van der Waals surface area contributed by atoms with Gasteiger partial charge in [-0.2, -0.15) is 0 Å². The van der Waals surface area contributed by atoms with Crippen LogP contribution in [0.4, 0.5) is 5.00 Å². The lowest BCUT2D eigenvalue weighted by atomic mass is 10.1. The topological polar surface area (TPSA) is 98.5 Å². The molecule has 0 aliphatic rings. The van der Waals surface area contributed by atoms with Crippen molar-refractivity contribution in [2.24, 2.45) is 5.73 Å². The highest BCUT2D eigenvalue weighted by molar-refractivity contribution is 7.14. The molecule has 0 atom stereocenters. The quantitative estimate of drug-likeness (QED) is 0.823. The van der Waals surface area contributed by atoms with E-state index in [0.29, 0.717) is 10.6 Å². The molecule has 2 aromatic rings. The minimum atomic E-state index is -0.631. The number of nitrogens with two attached hydrogens (primary N) is 1. The number of amides is 2. The highest BCUT2D eigenvalue weighted by atomic mass is 32.1. The van der Waals surface area contributed by atoms with Crippen LogP contribution in [-0.4, -0.2) is 24.4 Å². The fraction of sp³-hybridized carbons (Fsp3) is 0.133. The lowest BCUT2D eigenvalue weighted by molar-refractivity contribution is -0.119. The fourth-order valence-electron chi connectivity index (χ4n) is 1.75. The van der Waals surface area contributed by atoms with Crippen molar-refractivity contribution in [1.29, 1.82) is 0 Å². The van der Waals surface area contributed by atoms with Crippen molar-refractivity contribution in [3.8, 4) is 0 Å². The van der Waals surface area contributed by atoms with Crippen molar-refractivity contribution in [3.05, 3.63) is 52.4 Å². The van der Waals surface area contributed by atoms with Crippen LogP contribution in [0.2, 0.25) is 0 Å². The predicted octanol–water partition coefficient (Wildman–Crippen LogP) is 1.95. The third-order valence-corrected chi connectivity index (χ3v) is 3.60. The normalized spacial score (nSPS) is 10.0. The van der Waals surface area contributed by atoms with E-state index >= 15 is 0 Å². The van der Waals surface area contributed by atoms with E-state index in [4.69, 9.17) is 10.5 Å². The molecular formula is C15H14N2O4S. The van der Waals surface area contributed by atoms with Crippen molar-refractivity contribution in [2.75, 3.05) is 11.9 Å². The van der Waals surface area contributed by atoms with Gasteiger partial charge in [-0.25, -0.2) is 4.79 Å². The average molecular weight is 318 g/mol. The van der Waals surface area contributed by atoms with E-state index in [2.05, 4.69) is 5.32 Å². The number of carbonyl (C=O) groups excluding carboxylic acids is 3. The van der Waals surface area contributed by atoms with Gasteiger partial charge in [-0.1, -0.05) is 17.7 Å². The fourth-order valence-corrected chi connectivity index (χ4v) is 2.56. The number of hydrogen-bond donors (Lipinski definition) is 2. The standard InChI is InChI=1S/C15H14N2O4S/c1-9-3-2-4-10(7-9)15(20)21-8-12(18)17-14-11(13(16)19)5-6-22-14/h2-7H,8H2,1H3,(H2,16,19)(H,17,18). The van der Waals surface area contributed by atoms with Gasteiger partial charge in [-0.3, -0.25) is 9.59 Å². The van der Waals surface area contributed by atoms with Crippen LogP contribution in [0.1, 0.15) is 26.3 Å². The van der Waals surface area contributed by atoms with Crippen molar-refractivity contribution < 1.29 is 19.1 Å². The number of thiophene rings is 1. The highest BCUT2D eigenvalue weighted by Gasteiger charge is 2.14. The largest absolute Gasteiger partial charge is 0.452 e. The summed E-state index contributed by atoms with van der Waals surface area (Å²) in [5.41, 5.74) is 6.70. The zero-order valence-electron chi connectivity index (χ0n) is 11.8. The molecule has 2 amide bonds. The Kier molecular flexibility index (Phi) is 4.90. The minimum Gasteiger partial charge on any atom is -0.452 e. The molecule has 6 nitrogen and oxygen atoms in total. The number of hydrogen-bond acceptors (Lipinski definition) is 5. The first-order valence-corrected chi connectivity index (χ1v) is 7.26. The Hall–Kier alpha value is -2.67. The van der Waals surface area contributed by atoms with Crippen LogP contribution in [0, 0.1) is 6.92 Å². The molecule has 0 spiro atoms. The summed E-state index contributed by atoms with van der Waals surface area (Å²) < 4.78 is 4.93. The van der Waals surface area contributed by atoms with Gasteiger partial charge >= 0.3 is 5.97 Å². The zero-order valence-corrected chi connectivity index (χ0v) is 12.6. The summed E-state index contributed by atoms with van der Waals surface area (Å²) in [7, 11) is 0. The molecule has 1 aromatic heterocycles. The molecule has 0 bridgehead atoms. The molecule has 2 rings (SSSR count). The molecule has 1 aromatic carbocycles. The number of ether oxygens (including phenoxy) is 1. The number of aryl methyl sites for hydroxylation is 1. The van der Waals surface area contributed by atoms with Gasteiger partial charge in [0.1, 0.15) is 5.00 Å². The van der Waals surface area contributed by atoms with E-state index in [0.717, 1.165) is 5.56 Å². The van der Waals surface area contributed by atoms with E-state index in [1.165, 1.54) is 17.4 Å². The average Bonchev–Trinajstić information content (AvgIpc) is 2.93. The minimum absolute atomic E-state index is 0.225. The van der Waals surface area contributed by atoms with E-state index in [9.17, 15) is 14.4 Å². The Morgan fingerprint density at radius 1 is 1.27 bits per heavy atom. The second-order valence-corrected chi connectivity index (χ2v) is 5.44. The smallest absolute Gasteiger partial charge is 0.338 e.